The van der Waals surface area contributed by atoms with Gasteiger partial charge in [-0.1, -0.05) is 60.7 Å². The number of piperazine rings is 1. The van der Waals surface area contributed by atoms with Crippen LogP contribution in [-0.2, 0) is 10.0 Å². The predicted molar refractivity (Wildman–Crippen MR) is 126 cm³/mol. The number of hydrogen-bond acceptors (Lipinski definition) is 5. The molecule has 32 heavy (non-hydrogen) atoms. The fourth-order valence-corrected chi connectivity index (χ4v) is 6.20. The van der Waals surface area contributed by atoms with Gasteiger partial charge in [-0.15, -0.1) is 11.3 Å². The predicted octanol–water partition coefficient (Wildman–Crippen LogP) is 4.11. The Labute approximate surface area is 190 Å². The van der Waals surface area contributed by atoms with Crippen LogP contribution in [0.25, 0.3) is 21.3 Å². The number of benzene rings is 3. The maximum atomic E-state index is 13.2. The summed E-state index contributed by atoms with van der Waals surface area (Å²) >= 11 is 1.36. The molecule has 6 nitrogen and oxygen atoms in total. The summed E-state index contributed by atoms with van der Waals surface area (Å²) in [7, 11) is -3.61. The van der Waals surface area contributed by atoms with Crippen molar-refractivity contribution < 1.29 is 13.2 Å². The van der Waals surface area contributed by atoms with Crippen LogP contribution >= 0.6 is 11.3 Å². The minimum absolute atomic E-state index is 0.104. The second-order valence-corrected chi connectivity index (χ2v) is 10.6. The van der Waals surface area contributed by atoms with E-state index in [9.17, 15) is 13.2 Å². The van der Waals surface area contributed by atoms with E-state index in [1.807, 2.05) is 60.7 Å². The van der Waals surface area contributed by atoms with Crippen molar-refractivity contribution in [3.8, 4) is 10.6 Å². The van der Waals surface area contributed by atoms with Gasteiger partial charge in [-0.25, -0.2) is 13.4 Å². The van der Waals surface area contributed by atoms with E-state index >= 15 is 0 Å². The van der Waals surface area contributed by atoms with E-state index in [1.165, 1.54) is 15.6 Å². The van der Waals surface area contributed by atoms with Gasteiger partial charge in [0.1, 0.15) is 9.88 Å². The van der Waals surface area contributed by atoms with Crippen LogP contribution in [0.2, 0.25) is 0 Å². The number of aromatic nitrogens is 1. The van der Waals surface area contributed by atoms with Crippen LogP contribution < -0.4 is 0 Å². The van der Waals surface area contributed by atoms with Crippen LogP contribution in [-0.4, -0.2) is 54.7 Å². The topological polar surface area (TPSA) is 70.6 Å². The molecule has 0 unspecified atom stereocenters. The minimum Gasteiger partial charge on any atom is -0.335 e. The lowest BCUT2D eigenvalue weighted by Crippen LogP contribution is -2.50. The van der Waals surface area contributed by atoms with Crippen molar-refractivity contribution in [2.24, 2.45) is 0 Å². The van der Waals surface area contributed by atoms with Crippen molar-refractivity contribution in [3.63, 3.8) is 0 Å². The highest BCUT2D eigenvalue weighted by Crippen LogP contribution is 2.27. The molecule has 0 spiro atoms. The van der Waals surface area contributed by atoms with E-state index in [4.69, 9.17) is 0 Å². The maximum Gasteiger partial charge on any atom is 0.265 e. The van der Waals surface area contributed by atoms with Crippen LogP contribution in [0.15, 0.2) is 83.9 Å². The molecule has 0 radical (unpaired) electrons. The minimum atomic E-state index is -3.61. The first-order chi connectivity index (χ1) is 15.5. The van der Waals surface area contributed by atoms with E-state index in [2.05, 4.69) is 4.98 Å². The molecule has 1 fully saturated rings. The normalized spacial score (nSPS) is 15.2. The van der Waals surface area contributed by atoms with E-state index < -0.39 is 10.0 Å². The number of nitrogens with zero attached hydrogens (tertiary/aromatic N) is 3. The van der Waals surface area contributed by atoms with Crippen LogP contribution in [0.4, 0.5) is 0 Å². The van der Waals surface area contributed by atoms with Gasteiger partial charge in [-0.2, -0.15) is 4.31 Å². The lowest BCUT2D eigenvalue weighted by Gasteiger charge is -2.33. The van der Waals surface area contributed by atoms with Crippen molar-refractivity contribution in [2.75, 3.05) is 26.2 Å². The molecule has 0 atom stereocenters. The van der Waals surface area contributed by atoms with Crippen LogP contribution in [0.3, 0.4) is 0 Å². The first-order valence-corrected chi connectivity index (χ1v) is 12.6. The lowest BCUT2D eigenvalue weighted by molar-refractivity contribution is 0.0702. The monoisotopic (exact) mass is 463 g/mol. The molecule has 2 heterocycles. The number of carbonyl (C=O) groups is 1. The van der Waals surface area contributed by atoms with Gasteiger partial charge in [0, 0.05) is 31.7 Å². The Morgan fingerprint density at radius 3 is 2.28 bits per heavy atom. The molecule has 8 heteroatoms. The summed E-state index contributed by atoms with van der Waals surface area (Å²) in [6.07, 6.45) is 1.60. The van der Waals surface area contributed by atoms with Crippen molar-refractivity contribution in [1.82, 2.24) is 14.2 Å². The second kappa shape index (κ2) is 8.46. The second-order valence-electron chi connectivity index (χ2n) is 7.60. The molecule has 5 rings (SSSR count). The first kappa shape index (κ1) is 20.8. The zero-order valence-corrected chi connectivity index (χ0v) is 18.8. The summed E-state index contributed by atoms with van der Waals surface area (Å²) in [4.78, 5) is 19.9. The molecular weight excluding hydrogens is 442 g/mol. The fraction of sp³-hybridized carbons (Fsp3) is 0.167. The smallest absolute Gasteiger partial charge is 0.265 e. The molecule has 1 aliphatic heterocycles. The Balaban J connectivity index is 1.28. The Morgan fingerprint density at radius 1 is 0.844 bits per heavy atom. The highest BCUT2D eigenvalue weighted by atomic mass is 32.2. The third-order valence-corrected chi connectivity index (χ3v) is 8.55. The van der Waals surface area contributed by atoms with Gasteiger partial charge < -0.3 is 4.90 Å². The summed E-state index contributed by atoms with van der Waals surface area (Å²) in [5, 5.41) is 2.69. The molecule has 1 aromatic heterocycles. The average Bonchev–Trinajstić information content (AvgIpc) is 3.34. The molecule has 1 aliphatic rings. The Kier molecular flexibility index (Phi) is 5.50. The number of thiazole rings is 1. The Bertz CT molecular complexity index is 1380. The summed E-state index contributed by atoms with van der Waals surface area (Å²) in [6, 6.07) is 22.6. The number of amides is 1. The van der Waals surface area contributed by atoms with Crippen LogP contribution in [0.1, 0.15) is 9.67 Å². The van der Waals surface area contributed by atoms with Crippen molar-refractivity contribution in [1.29, 1.82) is 0 Å². The van der Waals surface area contributed by atoms with Gasteiger partial charge in [0.2, 0.25) is 10.0 Å². The molecule has 3 aromatic carbocycles. The summed E-state index contributed by atoms with van der Waals surface area (Å²) in [5.74, 6) is -0.104. The zero-order valence-electron chi connectivity index (χ0n) is 17.2. The maximum absolute atomic E-state index is 13.2. The van der Waals surface area contributed by atoms with E-state index in [0.29, 0.717) is 18.0 Å². The van der Waals surface area contributed by atoms with Gasteiger partial charge in [0.15, 0.2) is 0 Å². The van der Waals surface area contributed by atoms with Gasteiger partial charge in [-0.3, -0.25) is 4.79 Å². The average molecular weight is 464 g/mol. The van der Waals surface area contributed by atoms with Gasteiger partial charge in [0.25, 0.3) is 5.91 Å². The quantitative estimate of drug-likeness (QED) is 0.457. The number of fused-ring (bicyclic) bond motifs is 1. The van der Waals surface area contributed by atoms with Crippen molar-refractivity contribution >= 4 is 38.0 Å². The summed E-state index contributed by atoms with van der Waals surface area (Å²) in [6.45, 7) is 1.24. The largest absolute Gasteiger partial charge is 0.335 e. The van der Waals surface area contributed by atoms with E-state index in [-0.39, 0.29) is 23.9 Å². The first-order valence-electron chi connectivity index (χ1n) is 10.3. The molecular formula is C24H21N3O3S2. The van der Waals surface area contributed by atoms with Crippen molar-refractivity contribution in [3.05, 3.63) is 83.9 Å². The van der Waals surface area contributed by atoms with Gasteiger partial charge in [0.05, 0.1) is 11.1 Å². The van der Waals surface area contributed by atoms with Crippen LogP contribution in [0, 0.1) is 0 Å². The number of hydrogen-bond donors (Lipinski definition) is 0. The molecule has 162 valence electrons. The summed E-state index contributed by atoms with van der Waals surface area (Å²) in [5.41, 5.74) is 0.975. The SMILES string of the molecule is O=C(c1cnc(-c2ccccc2)s1)N1CCN(S(=O)(=O)c2ccc3ccccc3c2)CC1. The zero-order chi connectivity index (χ0) is 22.1. The van der Waals surface area contributed by atoms with E-state index in [1.54, 1.807) is 23.2 Å². The third kappa shape index (κ3) is 3.92. The lowest BCUT2D eigenvalue weighted by atomic mass is 10.1. The molecule has 4 aromatic rings. The number of carbonyl (C=O) groups excluding carboxylic acids is 1. The van der Waals surface area contributed by atoms with E-state index in [0.717, 1.165) is 21.3 Å². The molecule has 1 saturated heterocycles. The van der Waals surface area contributed by atoms with Crippen molar-refractivity contribution in [2.45, 2.75) is 4.90 Å². The molecule has 1 amide bonds. The molecule has 0 saturated carbocycles. The highest BCUT2D eigenvalue weighted by Gasteiger charge is 2.31. The Hall–Kier alpha value is -3.07. The third-order valence-electron chi connectivity index (χ3n) is 5.62. The summed E-state index contributed by atoms with van der Waals surface area (Å²) < 4.78 is 27.8. The number of sulfonamides is 1. The van der Waals surface area contributed by atoms with Gasteiger partial charge >= 0.3 is 0 Å². The fourth-order valence-electron chi connectivity index (χ4n) is 3.85. The number of rotatable bonds is 4. The molecule has 0 aliphatic carbocycles. The van der Waals surface area contributed by atoms with Gasteiger partial charge in [-0.05, 0) is 22.9 Å². The van der Waals surface area contributed by atoms with Crippen LogP contribution in [0.5, 0.6) is 0 Å². The Morgan fingerprint density at radius 2 is 1.53 bits per heavy atom. The molecule has 0 bridgehead atoms. The molecule has 0 N–H and O–H groups in total. The highest BCUT2D eigenvalue weighted by molar-refractivity contribution is 7.89. The standard InChI is InChI=1S/C24H21N3O3S2/c28-24(22-17-25-23(31-22)19-7-2-1-3-8-19)26-12-14-27(15-13-26)32(29,30)21-11-10-18-6-4-5-9-20(18)16-21/h1-11,16-17H,12-15H2.